The van der Waals surface area contributed by atoms with Crippen molar-refractivity contribution in [3.05, 3.63) is 45.7 Å². The van der Waals surface area contributed by atoms with Gasteiger partial charge in [0.15, 0.2) is 0 Å². The number of thioether (sulfide) groups is 1. The topological polar surface area (TPSA) is 46.6 Å². The van der Waals surface area contributed by atoms with Crippen molar-refractivity contribution in [2.45, 2.75) is 9.58 Å². The maximum absolute atomic E-state index is 12.8. The molecule has 22 heavy (non-hydrogen) atoms. The fourth-order valence-electron chi connectivity index (χ4n) is 2.28. The number of hydrogen-bond acceptors (Lipinski definition) is 5. The molecular formula is C14H14BrNO3S3. The molecule has 0 N–H and O–H groups in total. The molecule has 1 aliphatic rings. The Bertz CT molecular complexity index is 758. The summed E-state index contributed by atoms with van der Waals surface area (Å²) in [6, 6.07) is 11.0. The third kappa shape index (κ3) is 3.07. The smallest absolute Gasteiger partial charge is 0.253 e. The van der Waals surface area contributed by atoms with Crippen molar-refractivity contribution in [2.75, 3.05) is 19.4 Å². The van der Waals surface area contributed by atoms with E-state index in [1.54, 1.807) is 35.3 Å². The highest BCUT2D eigenvalue weighted by molar-refractivity contribution is 9.11. The summed E-state index contributed by atoms with van der Waals surface area (Å²) in [4.78, 5) is 0. The maximum Gasteiger partial charge on any atom is 0.253 e. The minimum atomic E-state index is -3.46. The molecule has 0 amide bonds. The van der Waals surface area contributed by atoms with Crippen LogP contribution < -0.4 is 4.74 Å². The van der Waals surface area contributed by atoms with Crippen LogP contribution in [0, 0.1) is 0 Å². The van der Waals surface area contributed by atoms with Gasteiger partial charge in [0.1, 0.15) is 9.96 Å². The summed E-state index contributed by atoms with van der Waals surface area (Å²) in [6.07, 6.45) is 0. The van der Waals surface area contributed by atoms with Gasteiger partial charge in [0, 0.05) is 12.3 Å². The molecule has 1 unspecified atom stereocenters. The van der Waals surface area contributed by atoms with E-state index in [0.717, 1.165) is 20.9 Å². The molecule has 0 bridgehead atoms. The number of nitrogens with zero attached hydrogens (tertiary/aromatic N) is 1. The monoisotopic (exact) mass is 419 g/mol. The molecule has 1 aromatic carbocycles. The van der Waals surface area contributed by atoms with Gasteiger partial charge in [-0.2, -0.15) is 4.31 Å². The van der Waals surface area contributed by atoms with Crippen LogP contribution in [0.4, 0.5) is 0 Å². The molecule has 0 radical (unpaired) electrons. The van der Waals surface area contributed by atoms with Crippen molar-refractivity contribution in [3.8, 4) is 5.75 Å². The average molecular weight is 420 g/mol. The fraction of sp³-hybridized carbons (Fsp3) is 0.286. The van der Waals surface area contributed by atoms with Crippen molar-refractivity contribution >= 4 is 49.1 Å². The van der Waals surface area contributed by atoms with Gasteiger partial charge in [0.25, 0.3) is 10.0 Å². The summed E-state index contributed by atoms with van der Waals surface area (Å²) in [5.74, 6) is 1.56. The van der Waals surface area contributed by atoms with Crippen LogP contribution >= 0.6 is 39.0 Å². The number of methoxy groups -OCH3 is 1. The first-order valence-corrected chi connectivity index (χ1v) is 10.6. The maximum atomic E-state index is 12.8. The number of hydrogen-bond donors (Lipinski definition) is 0. The number of rotatable bonds is 4. The van der Waals surface area contributed by atoms with E-state index in [1.165, 1.54) is 11.3 Å². The zero-order valence-electron chi connectivity index (χ0n) is 11.7. The number of benzene rings is 1. The summed E-state index contributed by atoms with van der Waals surface area (Å²) in [7, 11) is -1.85. The molecule has 1 fully saturated rings. The van der Waals surface area contributed by atoms with E-state index in [0.29, 0.717) is 10.8 Å². The Labute approximate surface area is 146 Å². The molecular weight excluding hydrogens is 406 g/mol. The number of sulfonamides is 1. The molecule has 1 aliphatic heterocycles. The van der Waals surface area contributed by atoms with Crippen LogP contribution in [0.25, 0.3) is 0 Å². The van der Waals surface area contributed by atoms with Crippen LogP contribution in [-0.4, -0.2) is 32.1 Å². The summed E-state index contributed by atoms with van der Waals surface area (Å²) in [5.41, 5.74) is 0.975. The Morgan fingerprint density at radius 2 is 1.95 bits per heavy atom. The van der Waals surface area contributed by atoms with Gasteiger partial charge in [-0.05, 0) is 45.8 Å². The molecule has 0 saturated carbocycles. The third-order valence-corrected chi connectivity index (χ3v) is 8.71. The highest BCUT2D eigenvalue weighted by Crippen LogP contribution is 2.43. The standard InChI is InChI=1S/C14H14BrNO3S3/c1-19-11-4-2-10(3-5-11)14-16(8-9-20-14)22(17,18)13-7-6-12(15)21-13/h2-7,14H,8-9H2,1H3. The average Bonchev–Trinajstić information content (AvgIpc) is 3.16. The van der Waals surface area contributed by atoms with Gasteiger partial charge in [-0.1, -0.05) is 12.1 Å². The minimum Gasteiger partial charge on any atom is -0.497 e. The second-order valence-electron chi connectivity index (χ2n) is 4.67. The van der Waals surface area contributed by atoms with E-state index < -0.39 is 10.0 Å². The molecule has 118 valence electrons. The lowest BCUT2D eigenvalue weighted by atomic mass is 10.2. The van der Waals surface area contributed by atoms with E-state index in [4.69, 9.17) is 4.74 Å². The summed E-state index contributed by atoms with van der Waals surface area (Å²) in [6.45, 7) is 0.527. The van der Waals surface area contributed by atoms with Gasteiger partial charge in [-0.15, -0.1) is 23.1 Å². The van der Waals surface area contributed by atoms with E-state index in [-0.39, 0.29) is 5.37 Å². The Balaban J connectivity index is 1.92. The number of ether oxygens (including phenoxy) is 1. The molecule has 1 aromatic heterocycles. The largest absolute Gasteiger partial charge is 0.497 e. The molecule has 2 heterocycles. The molecule has 1 saturated heterocycles. The van der Waals surface area contributed by atoms with E-state index in [2.05, 4.69) is 15.9 Å². The highest BCUT2D eigenvalue weighted by Gasteiger charge is 2.37. The van der Waals surface area contributed by atoms with Crippen LogP contribution in [0.3, 0.4) is 0 Å². The Kier molecular flexibility index (Phi) is 4.84. The molecule has 2 aromatic rings. The van der Waals surface area contributed by atoms with Crippen molar-refractivity contribution in [2.24, 2.45) is 0 Å². The van der Waals surface area contributed by atoms with Gasteiger partial charge in [-0.25, -0.2) is 8.42 Å². The van der Waals surface area contributed by atoms with Crippen molar-refractivity contribution < 1.29 is 13.2 Å². The van der Waals surface area contributed by atoms with Crippen molar-refractivity contribution in [1.29, 1.82) is 0 Å². The van der Waals surface area contributed by atoms with Gasteiger partial charge in [-0.3, -0.25) is 0 Å². The normalized spacial score (nSPS) is 19.5. The number of halogens is 1. The van der Waals surface area contributed by atoms with Gasteiger partial charge < -0.3 is 4.74 Å². The second-order valence-corrected chi connectivity index (χ2v) is 10.4. The molecule has 4 nitrogen and oxygen atoms in total. The molecule has 0 aliphatic carbocycles. The van der Waals surface area contributed by atoms with Crippen molar-refractivity contribution in [3.63, 3.8) is 0 Å². The van der Waals surface area contributed by atoms with E-state index in [9.17, 15) is 8.42 Å². The van der Waals surface area contributed by atoms with Crippen LogP contribution in [-0.2, 0) is 10.0 Å². The first-order chi connectivity index (χ1) is 10.5. The summed E-state index contributed by atoms with van der Waals surface area (Å²) in [5, 5.41) is -0.184. The Morgan fingerprint density at radius 3 is 2.55 bits per heavy atom. The van der Waals surface area contributed by atoms with Gasteiger partial charge >= 0.3 is 0 Å². The first kappa shape index (κ1) is 16.3. The van der Waals surface area contributed by atoms with Gasteiger partial charge in [0.2, 0.25) is 0 Å². The lowest BCUT2D eigenvalue weighted by Gasteiger charge is -2.22. The fourth-order valence-corrected chi connectivity index (χ4v) is 7.66. The van der Waals surface area contributed by atoms with Crippen LogP contribution in [0.1, 0.15) is 10.9 Å². The SMILES string of the molecule is COc1ccc(C2SCCN2S(=O)(=O)c2ccc(Br)s2)cc1. The lowest BCUT2D eigenvalue weighted by molar-refractivity contribution is 0.413. The van der Waals surface area contributed by atoms with E-state index in [1.807, 2.05) is 24.3 Å². The minimum absolute atomic E-state index is 0.184. The zero-order valence-corrected chi connectivity index (χ0v) is 15.8. The van der Waals surface area contributed by atoms with Crippen LogP contribution in [0.5, 0.6) is 5.75 Å². The molecule has 3 rings (SSSR count). The zero-order chi connectivity index (χ0) is 15.7. The molecule has 1 atom stereocenters. The predicted octanol–water partition coefficient (Wildman–Crippen LogP) is 3.96. The molecule has 0 spiro atoms. The van der Waals surface area contributed by atoms with Gasteiger partial charge in [0.05, 0.1) is 16.3 Å². The third-order valence-electron chi connectivity index (χ3n) is 3.36. The highest BCUT2D eigenvalue weighted by atomic mass is 79.9. The van der Waals surface area contributed by atoms with Crippen molar-refractivity contribution in [1.82, 2.24) is 4.31 Å². The summed E-state index contributed by atoms with van der Waals surface area (Å²) < 4.78 is 33.6. The molecule has 8 heteroatoms. The Morgan fingerprint density at radius 1 is 1.23 bits per heavy atom. The number of thiophene rings is 1. The lowest BCUT2D eigenvalue weighted by Crippen LogP contribution is -2.30. The summed E-state index contributed by atoms with van der Waals surface area (Å²) >= 11 is 6.21. The van der Waals surface area contributed by atoms with Crippen LogP contribution in [0.15, 0.2) is 44.4 Å². The predicted molar refractivity (Wildman–Crippen MR) is 94.1 cm³/mol. The quantitative estimate of drug-likeness (QED) is 0.752. The van der Waals surface area contributed by atoms with E-state index >= 15 is 0 Å². The van der Waals surface area contributed by atoms with Crippen LogP contribution in [0.2, 0.25) is 0 Å². The first-order valence-electron chi connectivity index (χ1n) is 6.55. The second kappa shape index (κ2) is 6.52. The Hall–Kier alpha value is -0.540.